The summed E-state index contributed by atoms with van der Waals surface area (Å²) in [7, 11) is 0. The topological polar surface area (TPSA) is 81.4 Å². The maximum Gasteiger partial charge on any atom is 0.377 e. The Kier molecular flexibility index (Phi) is 4.71. The molecule has 110 valence electrons. The molecule has 0 aliphatic carbocycles. The molecule has 0 saturated heterocycles. The van der Waals surface area contributed by atoms with E-state index in [9.17, 15) is 9.59 Å². The lowest BCUT2D eigenvalue weighted by molar-refractivity contribution is -0.119. The number of aromatic nitrogens is 1. The van der Waals surface area contributed by atoms with Gasteiger partial charge >= 0.3 is 5.97 Å². The van der Waals surface area contributed by atoms with E-state index < -0.39 is 11.9 Å². The van der Waals surface area contributed by atoms with Gasteiger partial charge in [0.05, 0.1) is 5.69 Å². The molecular formula is C15H16N2O4. The second-order valence-corrected chi connectivity index (χ2v) is 4.51. The molecule has 6 heteroatoms. The third kappa shape index (κ3) is 4.17. The van der Waals surface area contributed by atoms with Gasteiger partial charge in [-0.3, -0.25) is 4.79 Å². The summed E-state index contributed by atoms with van der Waals surface area (Å²) in [5, 5.41) is 6.24. The van der Waals surface area contributed by atoms with E-state index in [2.05, 4.69) is 10.5 Å². The standard InChI is InChI=1S/C15H16N2O4/c1-3-11-5-4-6-12(8-11)16-14(18)9-20-15(19)13-7-10(2)17-21-13/h4-8H,3,9H2,1-2H3,(H,16,18). The van der Waals surface area contributed by atoms with Crippen LogP contribution in [-0.4, -0.2) is 23.6 Å². The average Bonchev–Trinajstić information content (AvgIpc) is 2.91. The van der Waals surface area contributed by atoms with Crippen LogP contribution in [0.2, 0.25) is 0 Å². The number of hydrogen-bond donors (Lipinski definition) is 1. The van der Waals surface area contributed by atoms with Crippen molar-refractivity contribution in [1.29, 1.82) is 0 Å². The molecule has 0 fully saturated rings. The lowest BCUT2D eigenvalue weighted by atomic mass is 10.1. The minimum Gasteiger partial charge on any atom is -0.450 e. The van der Waals surface area contributed by atoms with Crippen LogP contribution < -0.4 is 5.32 Å². The van der Waals surface area contributed by atoms with Gasteiger partial charge in [0.1, 0.15) is 0 Å². The van der Waals surface area contributed by atoms with Crippen molar-refractivity contribution in [3.8, 4) is 0 Å². The number of rotatable bonds is 5. The predicted octanol–water partition coefficient (Wildman–Crippen LogP) is 2.34. The average molecular weight is 288 g/mol. The zero-order valence-corrected chi connectivity index (χ0v) is 11.9. The maximum atomic E-state index is 11.7. The van der Waals surface area contributed by atoms with Gasteiger partial charge in [-0.05, 0) is 31.0 Å². The Bertz CT molecular complexity index is 649. The molecule has 2 aromatic rings. The molecule has 1 aromatic carbocycles. The highest BCUT2D eigenvalue weighted by Crippen LogP contribution is 2.11. The molecule has 1 N–H and O–H groups in total. The molecule has 0 aliphatic rings. The molecule has 0 spiro atoms. The number of carbonyl (C=O) groups is 2. The molecule has 2 rings (SSSR count). The van der Waals surface area contributed by atoms with Crippen molar-refractivity contribution < 1.29 is 18.8 Å². The molecule has 21 heavy (non-hydrogen) atoms. The zero-order valence-electron chi connectivity index (χ0n) is 11.9. The first-order chi connectivity index (χ1) is 10.1. The molecule has 0 atom stereocenters. The normalized spacial score (nSPS) is 10.2. The van der Waals surface area contributed by atoms with E-state index in [1.165, 1.54) is 6.07 Å². The van der Waals surface area contributed by atoms with Crippen molar-refractivity contribution in [2.75, 3.05) is 11.9 Å². The Morgan fingerprint density at radius 2 is 2.14 bits per heavy atom. The molecule has 1 aromatic heterocycles. The van der Waals surface area contributed by atoms with Crippen molar-refractivity contribution in [1.82, 2.24) is 5.16 Å². The smallest absolute Gasteiger partial charge is 0.377 e. The molecule has 0 saturated carbocycles. The minimum absolute atomic E-state index is 0.0201. The number of nitrogens with zero attached hydrogens (tertiary/aromatic N) is 1. The molecule has 0 aliphatic heterocycles. The van der Waals surface area contributed by atoms with Crippen LogP contribution in [0.3, 0.4) is 0 Å². The Hall–Kier alpha value is -2.63. The van der Waals surface area contributed by atoms with Gasteiger partial charge < -0.3 is 14.6 Å². The Balaban J connectivity index is 1.85. The summed E-state index contributed by atoms with van der Waals surface area (Å²) < 4.78 is 9.60. The largest absolute Gasteiger partial charge is 0.450 e. The fourth-order valence-electron chi connectivity index (χ4n) is 1.73. The van der Waals surface area contributed by atoms with Crippen LogP contribution in [0, 0.1) is 6.92 Å². The van der Waals surface area contributed by atoms with Gasteiger partial charge in [0.25, 0.3) is 5.91 Å². The Morgan fingerprint density at radius 3 is 2.81 bits per heavy atom. The predicted molar refractivity (Wildman–Crippen MR) is 76.0 cm³/mol. The quantitative estimate of drug-likeness (QED) is 0.854. The highest BCUT2D eigenvalue weighted by atomic mass is 16.6. The maximum absolute atomic E-state index is 11.7. The van der Waals surface area contributed by atoms with E-state index in [0.29, 0.717) is 11.4 Å². The summed E-state index contributed by atoms with van der Waals surface area (Å²) in [6, 6.07) is 8.93. The lowest BCUT2D eigenvalue weighted by Gasteiger charge is -2.06. The van der Waals surface area contributed by atoms with Crippen LogP contribution in [0.15, 0.2) is 34.9 Å². The first kappa shape index (κ1) is 14.8. The molecule has 1 heterocycles. The number of esters is 1. The molecule has 0 bridgehead atoms. The monoisotopic (exact) mass is 288 g/mol. The summed E-state index contributed by atoms with van der Waals surface area (Å²) in [6.45, 7) is 3.34. The van der Waals surface area contributed by atoms with Crippen LogP contribution in [0.25, 0.3) is 0 Å². The third-order valence-corrected chi connectivity index (χ3v) is 2.78. The first-order valence-corrected chi connectivity index (χ1v) is 6.57. The lowest BCUT2D eigenvalue weighted by Crippen LogP contribution is -2.20. The SMILES string of the molecule is CCc1cccc(NC(=O)COC(=O)c2cc(C)no2)c1. The van der Waals surface area contributed by atoms with Gasteiger partial charge in [-0.25, -0.2) is 4.79 Å². The number of hydrogen-bond acceptors (Lipinski definition) is 5. The van der Waals surface area contributed by atoms with Crippen LogP contribution in [0.4, 0.5) is 5.69 Å². The van der Waals surface area contributed by atoms with Crippen LogP contribution >= 0.6 is 0 Å². The number of amides is 1. The zero-order chi connectivity index (χ0) is 15.2. The summed E-state index contributed by atoms with van der Waals surface area (Å²) in [5.41, 5.74) is 2.36. The van der Waals surface area contributed by atoms with Crippen molar-refractivity contribution in [2.24, 2.45) is 0 Å². The number of benzene rings is 1. The number of anilines is 1. The number of ether oxygens (including phenoxy) is 1. The molecule has 0 radical (unpaired) electrons. The number of carbonyl (C=O) groups excluding carboxylic acids is 2. The fourth-order valence-corrected chi connectivity index (χ4v) is 1.73. The van der Waals surface area contributed by atoms with Crippen molar-refractivity contribution >= 4 is 17.6 Å². The number of aryl methyl sites for hydroxylation is 2. The van der Waals surface area contributed by atoms with E-state index in [0.717, 1.165) is 12.0 Å². The van der Waals surface area contributed by atoms with E-state index >= 15 is 0 Å². The summed E-state index contributed by atoms with van der Waals surface area (Å²) >= 11 is 0. The third-order valence-electron chi connectivity index (χ3n) is 2.78. The van der Waals surface area contributed by atoms with Crippen LogP contribution in [-0.2, 0) is 16.0 Å². The second-order valence-electron chi connectivity index (χ2n) is 4.51. The molecule has 0 unspecified atom stereocenters. The van der Waals surface area contributed by atoms with Gasteiger partial charge in [0.2, 0.25) is 5.76 Å². The molecule has 1 amide bonds. The van der Waals surface area contributed by atoms with Crippen molar-refractivity contribution in [3.05, 3.63) is 47.3 Å². The van der Waals surface area contributed by atoms with Gasteiger partial charge in [-0.1, -0.05) is 24.2 Å². The van der Waals surface area contributed by atoms with Crippen LogP contribution in [0.5, 0.6) is 0 Å². The second kappa shape index (κ2) is 6.69. The highest BCUT2D eigenvalue weighted by Gasteiger charge is 2.15. The minimum atomic E-state index is -0.715. The highest BCUT2D eigenvalue weighted by molar-refractivity contribution is 5.94. The van der Waals surface area contributed by atoms with Gasteiger partial charge in [-0.2, -0.15) is 0 Å². The molecular weight excluding hydrogens is 272 g/mol. The van der Waals surface area contributed by atoms with Gasteiger partial charge in [-0.15, -0.1) is 0 Å². The van der Waals surface area contributed by atoms with Crippen molar-refractivity contribution in [2.45, 2.75) is 20.3 Å². The van der Waals surface area contributed by atoms with E-state index in [-0.39, 0.29) is 12.4 Å². The first-order valence-electron chi connectivity index (χ1n) is 6.57. The van der Waals surface area contributed by atoms with E-state index in [1.807, 2.05) is 25.1 Å². The Morgan fingerprint density at radius 1 is 1.33 bits per heavy atom. The molecule has 6 nitrogen and oxygen atoms in total. The van der Waals surface area contributed by atoms with E-state index in [1.54, 1.807) is 13.0 Å². The Labute approximate surface area is 122 Å². The van der Waals surface area contributed by atoms with Crippen LogP contribution in [0.1, 0.15) is 28.7 Å². The van der Waals surface area contributed by atoms with Gasteiger partial charge in [0.15, 0.2) is 6.61 Å². The summed E-state index contributed by atoms with van der Waals surface area (Å²) in [4.78, 5) is 23.3. The number of nitrogens with one attached hydrogen (secondary N) is 1. The van der Waals surface area contributed by atoms with Gasteiger partial charge in [0, 0.05) is 11.8 Å². The summed E-state index contributed by atoms with van der Waals surface area (Å²) in [5.74, 6) is -1.14. The fraction of sp³-hybridized carbons (Fsp3) is 0.267. The van der Waals surface area contributed by atoms with Crippen molar-refractivity contribution in [3.63, 3.8) is 0 Å². The summed E-state index contributed by atoms with van der Waals surface area (Å²) in [6.07, 6.45) is 0.879. The van der Waals surface area contributed by atoms with E-state index in [4.69, 9.17) is 9.26 Å².